The number of aliphatic hydroxyl groups excluding tert-OH is 1. The van der Waals surface area contributed by atoms with Gasteiger partial charge in [-0.1, -0.05) is 48.0 Å². The Morgan fingerprint density at radius 2 is 1.62 bits per heavy atom. The Balaban J connectivity index is 1.25. The molecule has 6 rings (SSSR count). The highest BCUT2D eigenvalue weighted by atomic mass is 16.5. The Kier molecular flexibility index (Phi) is 7.02. The third-order valence-corrected chi connectivity index (χ3v) is 15.6. The molecule has 6 aliphatic rings. The third kappa shape index (κ3) is 3.92. The minimum Gasteiger partial charge on any atom is -0.461 e. The van der Waals surface area contributed by atoms with Crippen molar-refractivity contribution >= 4 is 5.97 Å². The number of carbonyl (C=O) groups excluding carboxylic acids is 1. The maximum absolute atomic E-state index is 13.1. The highest BCUT2D eigenvalue weighted by molar-refractivity contribution is 5.76. The van der Waals surface area contributed by atoms with Crippen molar-refractivity contribution in [1.82, 2.24) is 0 Å². The molecule has 6 fully saturated rings. The molecule has 13 atom stereocenters. The summed E-state index contributed by atoms with van der Waals surface area (Å²) in [6, 6.07) is -0.549. The second-order valence-electron chi connectivity index (χ2n) is 18.1. The van der Waals surface area contributed by atoms with Crippen LogP contribution in [0.2, 0.25) is 0 Å². The van der Waals surface area contributed by atoms with Crippen LogP contribution in [0, 0.1) is 50.7 Å². The number of ether oxygens (including phenoxy) is 2. The second kappa shape index (κ2) is 9.42. The van der Waals surface area contributed by atoms with Crippen LogP contribution in [0.1, 0.15) is 133 Å². The van der Waals surface area contributed by atoms with E-state index in [0.717, 1.165) is 44.9 Å². The van der Waals surface area contributed by atoms with E-state index in [1.165, 1.54) is 25.7 Å². The zero-order valence-electron chi connectivity index (χ0n) is 28.1. The van der Waals surface area contributed by atoms with Gasteiger partial charge in [-0.15, -0.1) is 0 Å². The van der Waals surface area contributed by atoms with Crippen molar-refractivity contribution in [2.45, 2.75) is 168 Å². The van der Waals surface area contributed by atoms with Gasteiger partial charge in [0.15, 0.2) is 0 Å². The van der Waals surface area contributed by atoms with Crippen LogP contribution in [0.4, 0.5) is 0 Å². The molecule has 6 heteroatoms. The van der Waals surface area contributed by atoms with Crippen molar-refractivity contribution in [3.8, 4) is 0 Å². The molecule has 0 aromatic rings. The number of esters is 1. The van der Waals surface area contributed by atoms with E-state index in [1.54, 1.807) is 0 Å². The molecule has 2 spiro atoms. The van der Waals surface area contributed by atoms with Crippen molar-refractivity contribution in [3.05, 3.63) is 0 Å². The number of nitrogens with two attached hydrogens (primary N) is 1. The van der Waals surface area contributed by atoms with Gasteiger partial charge < -0.3 is 25.4 Å². The van der Waals surface area contributed by atoms with Gasteiger partial charge in [-0.3, -0.25) is 4.79 Å². The normalized spacial score (nSPS) is 52.4. The molecule has 1 saturated heterocycles. The third-order valence-electron chi connectivity index (χ3n) is 15.6. The van der Waals surface area contributed by atoms with Gasteiger partial charge >= 0.3 is 5.97 Å². The van der Waals surface area contributed by atoms with Gasteiger partial charge in [-0.2, -0.15) is 0 Å². The molecule has 0 bridgehead atoms. The van der Waals surface area contributed by atoms with Crippen LogP contribution in [0.5, 0.6) is 0 Å². The molecule has 4 N–H and O–H groups in total. The van der Waals surface area contributed by atoms with E-state index >= 15 is 0 Å². The molecular weight excluding hydrogens is 526 g/mol. The largest absolute Gasteiger partial charge is 0.461 e. The number of carbonyl (C=O) groups is 1. The van der Waals surface area contributed by atoms with Crippen LogP contribution in [0.3, 0.4) is 0 Å². The van der Waals surface area contributed by atoms with E-state index < -0.39 is 17.2 Å². The number of rotatable bonds is 6. The molecular formula is C36H61NO5. The van der Waals surface area contributed by atoms with Gasteiger partial charge in [-0.25, -0.2) is 0 Å². The lowest BCUT2D eigenvalue weighted by atomic mass is 9.41. The Labute approximate surface area is 255 Å². The molecule has 0 radical (unpaired) electrons. The Bertz CT molecular complexity index is 1100. The van der Waals surface area contributed by atoms with Crippen molar-refractivity contribution in [2.75, 3.05) is 0 Å². The first-order chi connectivity index (χ1) is 19.3. The molecule has 240 valence electrons. The Hall–Kier alpha value is -0.690. The maximum Gasteiger partial charge on any atom is 0.323 e. The van der Waals surface area contributed by atoms with Crippen molar-refractivity contribution in [2.24, 2.45) is 56.5 Å². The summed E-state index contributed by atoms with van der Waals surface area (Å²) in [5, 5.41) is 22.6. The smallest absolute Gasteiger partial charge is 0.323 e. The minimum atomic E-state index is -0.875. The number of aliphatic hydroxyl groups is 2. The van der Waals surface area contributed by atoms with Crippen molar-refractivity contribution < 1.29 is 24.5 Å². The average molecular weight is 588 g/mol. The molecule has 1 heterocycles. The van der Waals surface area contributed by atoms with E-state index in [9.17, 15) is 15.0 Å². The molecule has 0 amide bonds. The minimum absolute atomic E-state index is 0.00342. The summed E-state index contributed by atoms with van der Waals surface area (Å²) in [5.41, 5.74) is 5.65. The van der Waals surface area contributed by atoms with E-state index in [1.807, 2.05) is 20.8 Å². The zero-order chi connectivity index (χ0) is 30.9. The summed E-state index contributed by atoms with van der Waals surface area (Å²) in [7, 11) is 0. The molecule has 5 saturated carbocycles. The lowest BCUT2D eigenvalue weighted by molar-refractivity contribution is -0.200. The van der Waals surface area contributed by atoms with Crippen LogP contribution < -0.4 is 5.73 Å². The van der Waals surface area contributed by atoms with Crippen LogP contribution in [-0.2, 0) is 14.3 Å². The first-order valence-electron chi connectivity index (χ1n) is 17.4. The molecule has 6 unspecified atom stereocenters. The summed E-state index contributed by atoms with van der Waals surface area (Å²) in [6.45, 7) is 19.8. The average Bonchev–Trinajstić information content (AvgIpc) is 3.29. The summed E-state index contributed by atoms with van der Waals surface area (Å²) in [6.07, 6.45) is 10.9. The second-order valence-corrected chi connectivity index (χ2v) is 18.1. The maximum atomic E-state index is 13.1. The monoisotopic (exact) mass is 587 g/mol. The van der Waals surface area contributed by atoms with Gasteiger partial charge in [-0.05, 0) is 124 Å². The van der Waals surface area contributed by atoms with Gasteiger partial charge in [0.2, 0.25) is 0 Å². The van der Waals surface area contributed by atoms with Crippen LogP contribution >= 0.6 is 0 Å². The zero-order valence-corrected chi connectivity index (χ0v) is 28.1. The molecule has 0 aromatic carbocycles. The topological polar surface area (TPSA) is 102 Å². The predicted octanol–water partition coefficient (Wildman–Crippen LogP) is 6.39. The van der Waals surface area contributed by atoms with Gasteiger partial charge in [0.05, 0.1) is 23.4 Å². The van der Waals surface area contributed by atoms with Gasteiger partial charge in [0.1, 0.15) is 12.1 Å². The first-order valence-corrected chi connectivity index (χ1v) is 17.4. The molecule has 1 aliphatic heterocycles. The standard InChI is InChI=1S/C36H61NO5/c1-10-21(2)27(37)29(39)41-25-14-16-35-20-36(35)18-17-32(7)28(34(9)15-13-26(42-34)31(5,6)40)22(38)19-33(32,8)24(36)12-11-23(35)30(25,3)4/h21-28,38,40H,10-20,37H2,1-9H3/t21-,22-,23-,24?,25-,26?,27?,28-,32+,33-,34?,35?,36?/m0/s1. The fourth-order valence-electron chi connectivity index (χ4n) is 13.0. The highest BCUT2D eigenvalue weighted by Gasteiger charge is 2.83. The summed E-state index contributed by atoms with van der Waals surface area (Å²) < 4.78 is 13.0. The van der Waals surface area contributed by atoms with Gasteiger partial charge in [0.25, 0.3) is 0 Å². The molecule has 6 nitrogen and oxygen atoms in total. The van der Waals surface area contributed by atoms with Gasteiger partial charge in [0, 0.05) is 11.3 Å². The summed E-state index contributed by atoms with van der Waals surface area (Å²) >= 11 is 0. The predicted molar refractivity (Wildman–Crippen MR) is 164 cm³/mol. The molecule has 42 heavy (non-hydrogen) atoms. The SMILES string of the molecule is CC[C@H](C)C(N)C(=O)O[C@H]1CCC23CC24CC[C@]2(C)[C@@H](C5(C)CCC(C(C)(C)O)O5)[C@@H](O)C[C@@]2(C)C4CC[C@H]3C1(C)C. The highest BCUT2D eigenvalue weighted by Crippen LogP contribution is 2.89. The quantitative estimate of drug-likeness (QED) is 0.311. The fourth-order valence-corrected chi connectivity index (χ4v) is 13.0. The van der Waals surface area contributed by atoms with E-state index in [0.29, 0.717) is 22.7 Å². The van der Waals surface area contributed by atoms with Crippen LogP contribution in [0.25, 0.3) is 0 Å². The van der Waals surface area contributed by atoms with Crippen LogP contribution in [0.15, 0.2) is 0 Å². The summed E-state index contributed by atoms with van der Waals surface area (Å²) in [5.74, 6) is 1.13. The summed E-state index contributed by atoms with van der Waals surface area (Å²) in [4.78, 5) is 13.1. The van der Waals surface area contributed by atoms with Crippen molar-refractivity contribution in [3.63, 3.8) is 0 Å². The number of fused-ring (bicyclic) bond motifs is 2. The first kappa shape index (κ1) is 31.3. The van der Waals surface area contributed by atoms with E-state index in [4.69, 9.17) is 15.2 Å². The lowest BCUT2D eigenvalue weighted by Gasteiger charge is -2.63. The number of hydrogen-bond donors (Lipinski definition) is 3. The Morgan fingerprint density at radius 3 is 2.24 bits per heavy atom. The van der Waals surface area contributed by atoms with E-state index in [2.05, 4.69) is 41.5 Å². The molecule has 5 aliphatic carbocycles. The fraction of sp³-hybridized carbons (Fsp3) is 0.972. The van der Waals surface area contributed by atoms with Crippen LogP contribution in [-0.4, -0.2) is 51.7 Å². The number of hydrogen-bond acceptors (Lipinski definition) is 6. The lowest BCUT2D eigenvalue weighted by Crippen LogP contribution is -2.59. The Morgan fingerprint density at radius 1 is 0.976 bits per heavy atom. The molecule has 0 aromatic heterocycles. The van der Waals surface area contributed by atoms with Crippen molar-refractivity contribution in [1.29, 1.82) is 0 Å². The van der Waals surface area contributed by atoms with E-state index in [-0.39, 0.29) is 52.4 Å².